The molecule has 0 spiro atoms. The van der Waals surface area contributed by atoms with E-state index in [0.717, 1.165) is 6.42 Å². The number of rotatable bonds is 3. The summed E-state index contributed by atoms with van der Waals surface area (Å²) in [6, 6.07) is 1.62. The minimum Gasteiger partial charge on any atom is -0.330 e. The zero-order chi connectivity index (χ0) is 9.68. The molecule has 4 heteroatoms. The molecule has 0 saturated heterocycles. The minimum absolute atomic E-state index is 0.141. The molecule has 1 aromatic rings. The lowest BCUT2D eigenvalue weighted by atomic mass is 10.2. The summed E-state index contributed by atoms with van der Waals surface area (Å²) in [6.07, 6.45) is 5.79. The van der Waals surface area contributed by atoms with Gasteiger partial charge in [0.25, 0.3) is 5.56 Å². The van der Waals surface area contributed by atoms with Crippen molar-refractivity contribution in [3.8, 4) is 0 Å². The molecule has 0 radical (unpaired) electrons. The van der Waals surface area contributed by atoms with Crippen molar-refractivity contribution in [2.24, 2.45) is 5.73 Å². The highest BCUT2D eigenvalue weighted by Gasteiger charge is 1.94. The summed E-state index contributed by atoms with van der Waals surface area (Å²) in [5, 5.41) is 0.520. The van der Waals surface area contributed by atoms with Gasteiger partial charge in [0.1, 0.15) is 0 Å². The Morgan fingerprint density at radius 1 is 1.62 bits per heavy atom. The van der Waals surface area contributed by atoms with Crippen molar-refractivity contribution in [3.63, 3.8) is 0 Å². The van der Waals surface area contributed by atoms with Crippen LogP contribution in [0, 0.1) is 0 Å². The fraction of sp³-hybridized carbons (Fsp3) is 0.222. The third-order valence-corrected chi connectivity index (χ3v) is 1.75. The predicted molar refractivity (Wildman–Crippen MR) is 54.8 cm³/mol. The van der Waals surface area contributed by atoms with Crippen LogP contribution in [0.2, 0.25) is 5.02 Å². The maximum absolute atomic E-state index is 11.2. The molecule has 0 amide bonds. The van der Waals surface area contributed by atoms with Gasteiger partial charge < -0.3 is 10.7 Å². The van der Waals surface area contributed by atoms with E-state index in [-0.39, 0.29) is 5.56 Å². The summed E-state index contributed by atoms with van der Waals surface area (Å²) in [5.74, 6) is 0. The van der Waals surface area contributed by atoms with Gasteiger partial charge in [0.05, 0.1) is 5.02 Å². The lowest BCUT2D eigenvalue weighted by Crippen LogP contribution is -2.07. The largest absolute Gasteiger partial charge is 0.330 e. The van der Waals surface area contributed by atoms with Gasteiger partial charge in [-0.05, 0) is 19.0 Å². The third kappa shape index (κ3) is 3.05. The Labute approximate surface area is 81.2 Å². The summed E-state index contributed by atoms with van der Waals surface area (Å²) in [7, 11) is 0. The Balaban J connectivity index is 2.87. The summed E-state index contributed by atoms with van der Waals surface area (Å²) in [4.78, 5) is 13.7. The van der Waals surface area contributed by atoms with E-state index in [9.17, 15) is 4.79 Å². The normalized spacial score (nSPS) is 10.9. The highest BCUT2D eigenvalue weighted by atomic mass is 35.5. The SMILES string of the molecule is NCCC=Cc1cc(Cl)c[nH]c1=O. The first kappa shape index (κ1) is 10.0. The molecule has 3 nitrogen and oxygen atoms in total. The average Bonchev–Trinajstić information content (AvgIpc) is 2.11. The summed E-state index contributed by atoms with van der Waals surface area (Å²) in [5.41, 5.74) is 5.71. The Kier molecular flexibility index (Phi) is 3.73. The van der Waals surface area contributed by atoms with Crippen LogP contribution in [0.3, 0.4) is 0 Å². The van der Waals surface area contributed by atoms with Gasteiger partial charge in [0, 0.05) is 11.8 Å². The standard InChI is InChI=1S/C9H11ClN2O/c10-8-5-7(3-1-2-4-11)9(13)12-6-8/h1,3,5-6H,2,4,11H2,(H,12,13). The van der Waals surface area contributed by atoms with E-state index in [2.05, 4.69) is 4.98 Å². The van der Waals surface area contributed by atoms with Crippen LogP contribution in [0.15, 0.2) is 23.1 Å². The monoisotopic (exact) mass is 198 g/mol. The Bertz CT molecular complexity index is 357. The highest BCUT2D eigenvalue weighted by Crippen LogP contribution is 2.06. The lowest BCUT2D eigenvalue weighted by molar-refractivity contribution is 1.01. The van der Waals surface area contributed by atoms with Crippen molar-refractivity contribution in [1.29, 1.82) is 0 Å². The maximum atomic E-state index is 11.2. The summed E-state index contributed by atoms with van der Waals surface area (Å²) in [6.45, 7) is 0.578. The van der Waals surface area contributed by atoms with Crippen LogP contribution < -0.4 is 11.3 Å². The molecule has 70 valence electrons. The van der Waals surface area contributed by atoms with Crippen LogP contribution in [0.1, 0.15) is 12.0 Å². The third-order valence-electron chi connectivity index (χ3n) is 1.53. The van der Waals surface area contributed by atoms with E-state index in [1.165, 1.54) is 6.20 Å². The number of aromatic nitrogens is 1. The Morgan fingerprint density at radius 3 is 3.08 bits per heavy atom. The number of pyridine rings is 1. The number of H-pyrrole nitrogens is 1. The van der Waals surface area contributed by atoms with E-state index in [4.69, 9.17) is 17.3 Å². The van der Waals surface area contributed by atoms with Crippen molar-refractivity contribution in [2.75, 3.05) is 6.54 Å². The Morgan fingerprint density at radius 2 is 2.38 bits per heavy atom. The quantitative estimate of drug-likeness (QED) is 0.771. The van der Waals surface area contributed by atoms with Crippen LogP contribution in [0.4, 0.5) is 0 Å². The number of halogens is 1. The first-order valence-corrected chi connectivity index (χ1v) is 4.36. The number of aromatic amines is 1. The molecular formula is C9H11ClN2O. The van der Waals surface area contributed by atoms with Crippen LogP contribution in [-0.2, 0) is 0 Å². The molecule has 0 aliphatic rings. The average molecular weight is 199 g/mol. The highest BCUT2D eigenvalue weighted by molar-refractivity contribution is 6.30. The van der Waals surface area contributed by atoms with E-state index < -0.39 is 0 Å². The second-order valence-corrected chi connectivity index (χ2v) is 3.02. The van der Waals surface area contributed by atoms with Crippen LogP contribution in [0.25, 0.3) is 6.08 Å². The number of hydrogen-bond donors (Lipinski definition) is 2. The fourth-order valence-corrected chi connectivity index (χ4v) is 1.08. The first-order valence-electron chi connectivity index (χ1n) is 3.99. The second-order valence-electron chi connectivity index (χ2n) is 2.58. The molecule has 1 rings (SSSR count). The topological polar surface area (TPSA) is 58.9 Å². The molecule has 0 unspecified atom stereocenters. The number of hydrogen-bond acceptors (Lipinski definition) is 2. The molecule has 0 aromatic carbocycles. The molecule has 0 atom stereocenters. The summed E-state index contributed by atoms with van der Waals surface area (Å²) >= 11 is 5.70. The van der Waals surface area contributed by atoms with Gasteiger partial charge in [-0.25, -0.2) is 0 Å². The van der Waals surface area contributed by atoms with Gasteiger partial charge in [0.15, 0.2) is 0 Å². The molecule has 1 heterocycles. The van der Waals surface area contributed by atoms with Crippen LogP contribution >= 0.6 is 11.6 Å². The fourth-order valence-electron chi connectivity index (χ4n) is 0.904. The molecule has 0 fully saturated rings. The molecule has 0 saturated carbocycles. The molecular weight excluding hydrogens is 188 g/mol. The molecule has 0 bridgehead atoms. The molecule has 0 aliphatic heterocycles. The van der Waals surface area contributed by atoms with Crippen LogP contribution in [-0.4, -0.2) is 11.5 Å². The first-order chi connectivity index (χ1) is 6.24. The van der Waals surface area contributed by atoms with Gasteiger partial charge in [-0.15, -0.1) is 0 Å². The second kappa shape index (κ2) is 4.84. The van der Waals surface area contributed by atoms with Gasteiger partial charge >= 0.3 is 0 Å². The van der Waals surface area contributed by atoms with Gasteiger partial charge in [0.2, 0.25) is 0 Å². The molecule has 13 heavy (non-hydrogen) atoms. The van der Waals surface area contributed by atoms with E-state index >= 15 is 0 Å². The van der Waals surface area contributed by atoms with Crippen molar-refractivity contribution < 1.29 is 0 Å². The van der Waals surface area contributed by atoms with Gasteiger partial charge in [-0.3, -0.25) is 4.79 Å². The van der Waals surface area contributed by atoms with Gasteiger partial charge in [-0.2, -0.15) is 0 Å². The van der Waals surface area contributed by atoms with Crippen molar-refractivity contribution in [3.05, 3.63) is 39.3 Å². The van der Waals surface area contributed by atoms with E-state index in [0.29, 0.717) is 17.1 Å². The zero-order valence-corrected chi connectivity index (χ0v) is 7.84. The predicted octanol–water partition coefficient (Wildman–Crippen LogP) is 1.39. The molecule has 1 aromatic heterocycles. The van der Waals surface area contributed by atoms with Crippen molar-refractivity contribution in [2.45, 2.75) is 6.42 Å². The Hall–Kier alpha value is -1.06. The van der Waals surface area contributed by atoms with Gasteiger partial charge in [-0.1, -0.05) is 23.8 Å². The number of nitrogens with two attached hydrogens (primary N) is 1. The zero-order valence-electron chi connectivity index (χ0n) is 7.09. The van der Waals surface area contributed by atoms with Crippen LogP contribution in [0.5, 0.6) is 0 Å². The maximum Gasteiger partial charge on any atom is 0.255 e. The molecule has 0 aliphatic carbocycles. The minimum atomic E-state index is -0.141. The van der Waals surface area contributed by atoms with E-state index in [1.807, 2.05) is 6.08 Å². The number of nitrogens with one attached hydrogen (secondary N) is 1. The van der Waals surface area contributed by atoms with Crippen molar-refractivity contribution >= 4 is 17.7 Å². The van der Waals surface area contributed by atoms with Crippen molar-refractivity contribution in [1.82, 2.24) is 4.98 Å². The summed E-state index contributed by atoms with van der Waals surface area (Å²) < 4.78 is 0. The molecule has 3 N–H and O–H groups in total. The lowest BCUT2D eigenvalue weighted by Gasteiger charge is -1.92. The van der Waals surface area contributed by atoms with E-state index in [1.54, 1.807) is 12.1 Å². The smallest absolute Gasteiger partial charge is 0.255 e.